The molecule has 1 fully saturated rings. The molecule has 1 saturated heterocycles. The third-order valence-corrected chi connectivity index (χ3v) is 5.24. The fourth-order valence-electron chi connectivity index (χ4n) is 3.78. The molecule has 0 unspecified atom stereocenters. The van der Waals surface area contributed by atoms with Crippen LogP contribution >= 0.6 is 0 Å². The smallest absolute Gasteiger partial charge is 0.295 e. The Morgan fingerprint density at radius 3 is 2.23 bits per heavy atom. The number of likely N-dealkylation sites (tertiary alicyclic amines) is 1. The Morgan fingerprint density at radius 2 is 1.57 bits per heavy atom. The van der Waals surface area contributed by atoms with Crippen molar-refractivity contribution < 1.29 is 19.1 Å². The van der Waals surface area contributed by atoms with Crippen LogP contribution in [0, 0.1) is 5.82 Å². The van der Waals surface area contributed by atoms with Gasteiger partial charge in [-0.1, -0.05) is 72.8 Å². The second-order valence-corrected chi connectivity index (χ2v) is 7.15. The fourth-order valence-corrected chi connectivity index (χ4v) is 3.78. The molecule has 1 heterocycles. The number of halogens is 1. The maximum absolute atomic E-state index is 14.0. The molecule has 1 N–H and O–H groups in total. The second-order valence-electron chi connectivity index (χ2n) is 7.15. The summed E-state index contributed by atoms with van der Waals surface area (Å²) in [6.07, 6.45) is 0.533. The number of carbonyl (C=O) groups is 2. The quantitative estimate of drug-likeness (QED) is 0.389. The fraction of sp³-hybridized carbons (Fsp3) is 0.120. The van der Waals surface area contributed by atoms with Crippen molar-refractivity contribution in [3.8, 4) is 0 Å². The van der Waals surface area contributed by atoms with Gasteiger partial charge < -0.3 is 10.0 Å². The summed E-state index contributed by atoms with van der Waals surface area (Å²) in [4.78, 5) is 27.2. The summed E-state index contributed by atoms with van der Waals surface area (Å²) < 4.78 is 14.0. The summed E-state index contributed by atoms with van der Waals surface area (Å²) in [6, 6.07) is 23.1. The van der Waals surface area contributed by atoms with Crippen molar-refractivity contribution in [1.82, 2.24) is 4.90 Å². The van der Waals surface area contributed by atoms with E-state index in [9.17, 15) is 19.1 Å². The van der Waals surface area contributed by atoms with Crippen LogP contribution in [0.25, 0.3) is 5.76 Å². The van der Waals surface area contributed by atoms with Gasteiger partial charge in [-0.05, 0) is 29.7 Å². The van der Waals surface area contributed by atoms with Gasteiger partial charge in [0.2, 0.25) is 0 Å². The SMILES string of the molecule is O=C1C(=O)N(CCc2ccccc2)[C@@H](c2cccc(F)c2)C1=C(O)c1ccccc1. The number of aliphatic hydroxyl groups is 1. The zero-order chi connectivity index (χ0) is 21.1. The molecule has 0 bridgehead atoms. The van der Waals surface area contributed by atoms with Gasteiger partial charge in [0, 0.05) is 12.1 Å². The first kappa shape index (κ1) is 19.6. The van der Waals surface area contributed by atoms with Gasteiger partial charge in [0.25, 0.3) is 11.7 Å². The van der Waals surface area contributed by atoms with E-state index in [1.165, 1.54) is 23.1 Å². The predicted octanol–water partition coefficient (Wildman–Crippen LogP) is 4.49. The summed E-state index contributed by atoms with van der Waals surface area (Å²) in [6.45, 7) is 0.265. The third-order valence-electron chi connectivity index (χ3n) is 5.24. The molecule has 3 aromatic rings. The number of rotatable bonds is 5. The Kier molecular flexibility index (Phi) is 5.44. The molecule has 1 atom stereocenters. The second kappa shape index (κ2) is 8.33. The lowest BCUT2D eigenvalue weighted by molar-refractivity contribution is -0.139. The van der Waals surface area contributed by atoms with Crippen LogP contribution in [0.2, 0.25) is 0 Å². The molecule has 150 valence electrons. The molecule has 30 heavy (non-hydrogen) atoms. The van der Waals surface area contributed by atoms with E-state index in [1.807, 2.05) is 30.3 Å². The highest BCUT2D eigenvalue weighted by Gasteiger charge is 2.45. The predicted molar refractivity (Wildman–Crippen MR) is 112 cm³/mol. The van der Waals surface area contributed by atoms with Gasteiger partial charge in [0.1, 0.15) is 11.6 Å². The lowest BCUT2D eigenvalue weighted by Crippen LogP contribution is -2.31. The first-order valence-electron chi connectivity index (χ1n) is 9.69. The Hall–Kier alpha value is -3.73. The minimum absolute atomic E-state index is 0.0233. The summed E-state index contributed by atoms with van der Waals surface area (Å²) in [5.41, 5.74) is 1.87. The molecular formula is C25H20FNO3. The monoisotopic (exact) mass is 401 g/mol. The highest BCUT2D eigenvalue weighted by atomic mass is 19.1. The van der Waals surface area contributed by atoms with Crippen LogP contribution in [-0.4, -0.2) is 28.2 Å². The van der Waals surface area contributed by atoms with Gasteiger partial charge in [-0.25, -0.2) is 4.39 Å². The number of hydrogen-bond donors (Lipinski definition) is 1. The van der Waals surface area contributed by atoms with Gasteiger partial charge in [-0.3, -0.25) is 9.59 Å². The van der Waals surface area contributed by atoms with E-state index >= 15 is 0 Å². The summed E-state index contributed by atoms with van der Waals surface area (Å²) in [5.74, 6) is -2.19. The van der Waals surface area contributed by atoms with E-state index in [1.54, 1.807) is 36.4 Å². The van der Waals surface area contributed by atoms with Crippen molar-refractivity contribution in [3.63, 3.8) is 0 Å². The average Bonchev–Trinajstić information content (AvgIpc) is 3.03. The number of nitrogens with zero attached hydrogens (tertiary/aromatic N) is 1. The van der Waals surface area contributed by atoms with Crippen molar-refractivity contribution in [1.29, 1.82) is 0 Å². The molecule has 1 amide bonds. The number of hydrogen-bond acceptors (Lipinski definition) is 3. The Bertz CT molecular complexity index is 1110. The van der Waals surface area contributed by atoms with Gasteiger partial charge in [-0.2, -0.15) is 0 Å². The number of carbonyl (C=O) groups excluding carboxylic acids is 2. The summed E-state index contributed by atoms with van der Waals surface area (Å²) >= 11 is 0. The van der Waals surface area contributed by atoms with E-state index in [4.69, 9.17) is 0 Å². The van der Waals surface area contributed by atoms with Crippen LogP contribution in [0.4, 0.5) is 4.39 Å². The minimum atomic E-state index is -0.857. The maximum atomic E-state index is 14.0. The van der Waals surface area contributed by atoms with Gasteiger partial charge in [0.15, 0.2) is 0 Å². The van der Waals surface area contributed by atoms with E-state index in [0.29, 0.717) is 17.5 Å². The van der Waals surface area contributed by atoms with Crippen molar-refractivity contribution in [2.45, 2.75) is 12.5 Å². The van der Waals surface area contributed by atoms with Crippen molar-refractivity contribution >= 4 is 17.4 Å². The molecule has 3 aromatic carbocycles. The van der Waals surface area contributed by atoms with Gasteiger partial charge >= 0.3 is 0 Å². The first-order chi connectivity index (χ1) is 14.6. The van der Waals surface area contributed by atoms with Gasteiger partial charge in [-0.15, -0.1) is 0 Å². The highest BCUT2D eigenvalue weighted by Crippen LogP contribution is 2.39. The van der Waals surface area contributed by atoms with E-state index in [-0.39, 0.29) is 17.9 Å². The lowest BCUT2D eigenvalue weighted by Gasteiger charge is -2.25. The highest BCUT2D eigenvalue weighted by molar-refractivity contribution is 6.46. The molecule has 1 aliphatic rings. The molecule has 1 aliphatic heterocycles. The van der Waals surface area contributed by atoms with Crippen LogP contribution in [0.3, 0.4) is 0 Å². The molecular weight excluding hydrogens is 381 g/mol. The molecule has 0 aliphatic carbocycles. The zero-order valence-corrected chi connectivity index (χ0v) is 16.2. The van der Waals surface area contributed by atoms with Crippen LogP contribution < -0.4 is 0 Å². The lowest BCUT2D eigenvalue weighted by atomic mass is 9.95. The van der Waals surface area contributed by atoms with E-state index in [2.05, 4.69) is 0 Å². The standard InChI is InChI=1S/C25H20FNO3/c26-20-13-7-12-19(16-20)22-21(23(28)18-10-5-2-6-11-18)24(29)25(30)27(22)15-14-17-8-3-1-4-9-17/h1-13,16,22,28H,14-15H2/t22-/m0/s1. The summed E-state index contributed by atoms with van der Waals surface area (Å²) in [5, 5.41) is 10.9. The number of ketones is 1. The molecule has 5 heteroatoms. The maximum Gasteiger partial charge on any atom is 0.295 e. The molecule has 0 saturated carbocycles. The molecule has 0 aromatic heterocycles. The number of amides is 1. The summed E-state index contributed by atoms with van der Waals surface area (Å²) in [7, 11) is 0. The zero-order valence-electron chi connectivity index (χ0n) is 16.2. The number of aliphatic hydroxyl groups excluding tert-OH is 1. The topological polar surface area (TPSA) is 57.6 Å². The molecule has 4 rings (SSSR count). The Labute approximate surface area is 173 Å². The van der Waals surface area contributed by atoms with Crippen molar-refractivity contribution in [2.75, 3.05) is 6.54 Å². The minimum Gasteiger partial charge on any atom is -0.507 e. The third kappa shape index (κ3) is 3.74. The van der Waals surface area contributed by atoms with Crippen LogP contribution in [-0.2, 0) is 16.0 Å². The first-order valence-corrected chi connectivity index (χ1v) is 9.69. The van der Waals surface area contributed by atoms with Crippen molar-refractivity contribution in [2.24, 2.45) is 0 Å². The van der Waals surface area contributed by atoms with E-state index < -0.39 is 23.5 Å². The normalized spacial score (nSPS) is 18.0. The largest absolute Gasteiger partial charge is 0.507 e. The van der Waals surface area contributed by atoms with Crippen molar-refractivity contribution in [3.05, 3.63) is 113 Å². The Morgan fingerprint density at radius 1 is 0.900 bits per heavy atom. The van der Waals surface area contributed by atoms with Crippen LogP contribution in [0.5, 0.6) is 0 Å². The van der Waals surface area contributed by atoms with Crippen LogP contribution in [0.15, 0.2) is 90.5 Å². The van der Waals surface area contributed by atoms with E-state index in [0.717, 1.165) is 5.56 Å². The van der Waals surface area contributed by atoms with Crippen LogP contribution in [0.1, 0.15) is 22.7 Å². The van der Waals surface area contributed by atoms with Gasteiger partial charge in [0.05, 0.1) is 11.6 Å². The molecule has 0 radical (unpaired) electrons. The molecule has 4 nitrogen and oxygen atoms in total. The molecule has 0 spiro atoms. The Balaban J connectivity index is 1.79. The number of Topliss-reactive ketones (excluding diaryl/α,β-unsaturated/α-hetero) is 1. The number of benzene rings is 3. The average molecular weight is 401 g/mol.